The van der Waals surface area contributed by atoms with Crippen molar-refractivity contribution >= 4 is 30.2 Å². The van der Waals surface area contributed by atoms with Gasteiger partial charge in [-0.15, -0.1) is 0 Å². The summed E-state index contributed by atoms with van der Waals surface area (Å²) in [6, 6.07) is 3.59. The van der Waals surface area contributed by atoms with Crippen LogP contribution in [0.4, 0.5) is 5.69 Å². The largest absolute Gasteiger partial charge is 0.477 e. The Bertz CT molecular complexity index is 574. The first-order valence-corrected chi connectivity index (χ1v) is 6.74. The zero-order valence-electron chi connectivity index (χ0n) is 11.6. The molecule has 0 aliphatic heterocycles. The van der Waals surface area contributed by atoms with Crippen LogP contribution in [-0.2, 0) is 0 Å². The van der Waals surface area contributed by atoms with Gasteiger partial charge < -0.3 is 10.4 Å². The summed E-state index contributed by atoms with van der Waals surface area (Å²) < 4.78 is 0. The topological polar surface area (TPSA) is 110 Å². The van der Waals surface area contributed by atoms with Gasteiger partial charge in [-0.3, -0.25) is 14.9 Å². The number of thiol groups is 1. The van der Waals surface area contributed by atoms with Gasteiger partial charge >= 0.3 is 5.97 Å². The molecule has 0 fully saturated rings. The van der Waals surface area contributed by atoms with Crippen molar-refractivity contribution in [2.24, 2.45) is 5.92 Å². The van der Waals surface area contributed by atoms with E-state index in [1.54, 1.807) is 0 Å². The maximum atomic E-state index is 12.0. The molecular formula is C13H16N2O5S. The third kappa shape index (κ3) is 4.19. The van der Waals surface area contributed by atoms with Crippen LogP contribution in [0.2, 0.25) is 0 Å². The number of hydrogen-bond acceptors (Lipinski definition) is 5. The van der Waals surface area contributed by atoms with E-state index in [2.05, 4.69) is 17.9 Å². The summed E-state index contributed by atoms with van der Waals surface area (Å²) in [5.41, 5.74) is -1.44. The van der Waals surface area contributed by atoms with Crippen LogP contribution in [-0.4, -0.2) is 33.7 Å². The normalized spacial score (nSPS) is 13.3. The van der Waals surface area contributed by atoms with Gasteiger partial charge in [-0.05, 0) is 12.0 Å². The van der Waals surface area contributed by atoms with Crippen molar-refractivity contribution in [1.82, 2.24) is 5.32 Å². The maximum absolute atomic E-state index is 12.0. The summed E-state index contributed by atoms with van der Waals surface area (Å²) in [6.45, 7) is 4.05. The number of nitrogens with one attached hydrogen (secondary N) is 1. The molecule has 0 aliphatic rings. The maximum Gasteiger partial charge on any atom is 0.343 e. The number of nitrogens with zero attached hydrogens (tertiary/aromatic N) is 1. The van der Waals surface area contributed by atoms with Gasteiger partial charge in [0, 0.05) is 17.9 Å². The number of benzene rings is 1. The Morgan fingerprint density at radius 3 is 2.52 bits per heavy atom. The number of carbonyl (C=O) groups excluding carboxylic acids is 1. The van der Waals surface area contributed by atoms with Crippen LogP contribution in [0.5, 0.6) is 0 Å². The van der Waals surface area contributed by atoms with Gasteiger partial charge in [0.2, 0.25) is 0 Å². The van der Waals surface area contributed by atoms with Gasteiger partial charge in [0.25, 0.3) is 11.6 Å². The summed E-state index contributed by atoms with van der Waals surface area (Å²) in [4.78, 5) is 33.3. The van der Waals surface area contributed by atoms with Crippen LogP contribution < -0.4 is 5.32 Å². The summed E-state index contributed by atoms with van der Waals surface area (Å²) in [5.74, 6) is -2.09. The summed E-state index contributed by atoms with van der Waals surface area (Å²) in [7, 11) is 0. The van der Waals surface area contributed by atoms with Crippen LogP contribution >= 0.6 is 12.6 Å². The molecule has 0 radical (unpaired) electrons. The molecule has 8 heteroatoms. The van der Waals surface area contributed by atoms with E-state index in [1.165, 1.54) is 12.1 Å². The van der Waals surface area contributed by atoms with Crippen molar-refractivity contribution in [1.29, 1.82) is 0 Å². The number of aromatic carboxylic acids is 1. The molecule has 2 unspecified atom stereocenters. The minimum absolute atomic E-state index is 0.0503. The summed E-state index contributed by atoms with van der Waals surface area (Å²) in [5, 5.41) is 22.6. The molecule has 21 heavy (non-hydrogen) atoms. The third-order valence-electron chi connectivity index (χ3n) is 3.11. The van der Waals surface area contributed by atoms with E-state index in [9.17, 15) is 19.7 Å². The molecule has 1 amide bonds. The number of amides is 1. The zero-order valence-corrected chi connectivity index (χ0v) is 12.5. The molecule has 1 aromatic carbocycles. The van der Waals surface area contributed by atoms with Crippen LogP contribution in [0, 0.1) is 16.0 Å². The second-order valence-electron chi connectivity index (χ2n) is 4.69. The lowest BCUT2D eigenvalue weighted by molar-refractivity contribution is -0.385. The quantitative estimate of drug-likeness (QED) is 0.423. The van der Waals surface area contributed by atoms with Gasteiger partial charge in [0.05, 0.1) is 10.5 Å². The highest BCUT2D eigenvalue weighted by Gasteiger charge is 2.27. The SMILES string of the molecule is CC(S)C(C)CNC(=O)c1cccc([N+](=O)[O-])c1C(=O)O. The number of carboxylic acid groups (broad SMARTS) is 1. The smallest absolute Gasteiger partial charge is 0.343 e. The average molecular weight is 312 g/mol. The highest BCUT2D eigenvalue weighted by molar-refractivity contribution is 7.80. The predicted molar refractivity (Wildman–Crippen MR) is 80.0 cm³/mol. The lowest BCUT2D eigenvalue weighted by Crippen LogP contribution is -2.32. The Morgan fingerprint density at radius 2 is 2.05 bits per heavy atom. The predicted octanol–water partition coefficient (Wildman–Crippen LogP) is 1.98. The Hall–Kier alpha value is -2.09. The molecule has 0 aliphatic carbocycles. The number of carbonyl (C=O) groups is 2. The number of hydrogen-bond donors (Lipinski definition) is 3. The number of rotatable bonds is 6. The van der Waals surface area contributed by atoms with Gasteiger partial charge in [-0.25, -0.2) is 4.79 Å². The van der Waals surface area contributed by atoms with Crippen LogP contribution in [0.15, 0.2) is 18.2 Å². The first-order chi connectivity index (χ1) is 9.75. The molecule has 2 atom stereocenters. The van der Waals surface area contributed by atoms with Crippen molar-refractivity contribution in [2.45, 2.75) is 19.1 Å². The van der Waals surface area contributed by atoms with E-state index in [0.29, 0.717) is 6.54 Å². The molecule has 1 aromatic rings. The molecule has 0 saturated carbocycles. The van der Waals surface area contributed by atoms with Crippen molar-refractivity contribution in [3.8, 4) is 0 Å². The second-order valence-corrected chi connectivity index (χ2v) is 5.50. The van der Waals surface area contributed by atoms with E-state index in [0.717, 1.165) is 6.07 Å². The highest BCUT2D eigenvalue weighted by atomic mass is 32.1. The Morgan fingerprint density at radius 1 is 1.43 bits per heavy atom. The first kappa shape index (κ1) is 17.0. The summed E-state index contributed by atoms with van der Waals surface area (Å²) in [6.07, 6.45) is 0. The standard InChI is InChI=1S/C13H16N2O5S/c1-7(8(2)21)6-14-12(16)9-4-3-5-10(15(19)20)11(9)13(17)18/h3-5,7-8,21H,6H2,1-2H3,(H,14,16)(H,17,18). The third-order valence-corrected chi connectivity index (χ3v) is 3.61. The Labute approximate surface area is 126 Å². The molecule has 0 bridgehead atoms. The minimum Gasteiger partial charge on any atom is -0.477 e. The first-order valence-electron chi connectivity index (χ1n) is 6.22. The molecule has 0 heterocycles. The minimum atomic E-state index is -1.51. The lowest BCUT2D eigenvalue weighted by atomic mass is 10.0. The van der Waals surface area contributed by atoms with E-state index in [4.69, 9.17) is 5.11 Å². The fraction of sp³-hybridized carbons (Fsp3) is 0.385. The Kier molecular flexibility index (Phi) is 5.71. The number of nitro groups is 1. The molecule has 0 aromatic heterocycles. The molecular weight excluding hydrogens is 296 g/mol. The molecule has 1 rings (SSSR count). The molecule has 2 N–H and O–H groups in total. The van der Waals surface area contributed by atoms with Gasteiger partial charge in [-0.2, -0.15) is 12.6 Å². The van der Waals surface area contributed by atoms with Crippen LogP contribution in [0.3, 0.4) is 0 Å². The van der Waals surface area contributed by atoms with Crippen molar-refractivity contribution in [2.75, 3.05) is 6.54 Å². The molecule has 0 saturated heterocycles. The zero-order chi connectivity index (χ0) is 16.2. The number of nitro benzene ring substituents is 1. The van der Waals surface area contributed by atoms with Crippen LogP contribution in [0.25, 0.3) is 0 Å². The molecule has 114 valence electrons. The summed E-state index contributed by atoms with van der Waals surface area (Å²) >= 11 is 4.24. The highest BCUT2D eigenvalue weighted by Crippen LogP contribution is 2.22. The number of carboxylic acids is 1. The van der Waals surface area contributed by atoms with Crippen molar-refractivity contribution in [3.63, 3.8) is 0 Å². The van der Waals surface area contributed by atoms with Crippen molar-refractivity contribution < 1.29 is 19.6 Å². The van der Waals surface area contributed by atoms with Gasteiger partial charge in [0.1, 0.15) is 5.56 Å². The van der Waals surface area contributed by atoms with Gasteiger partial charge in [-0.1, -0.05) is 19.9 Å². The van der Waals surface area contributed by atoms with E-state index >= 15 is 0 Å². The molecule has 7 nitrogen and oxygen atoms in total. The van der Waals surface area contributed by atoms with E-state index in [1.807, 2.05) is 13.8 Å². The van der Waals surface area contributed by atoms with E-state index in [-0.39, 0.29) is 16.7 Å². The lowest BCUT2D eigenvalue weighted by Gasteiger charge is -2.16. The average Bonchev–Trinajstić information content (AvgIpc) is 2.42. The molecule has 0 spiro atoms. The second kappa shape index (κ2) is 7.07. The van der Waals surface area contributed by atoms with Crippen LogP contribution in [0.1, 0.15) is 34.6 Å². The monoisotopic (exact) mass is 312 g/mol. The van der Waals surface area contributed by atoms with Crippen molar-refractivity contribution in [3.05, 3.63) is 39.4 Å². The fourth-order valence-electron chi connectivity index (χ4n) is 1.63. The fourth-order valence-corrected chi connectivity index (χ4v) is 1.73. The van der Waals surface area contributed by atoms with E-state index < -0.39 is 28.1 Å². The van der Waals surface area contributed by atoms with Gasteiger partial charge in [0.15, 0.2) is 0 Å². The Balaban J connectivity index is 3.07.